The maximum atomic E-state index is 12.1. The fourth-order valence-corrected chi connectivity index (χ4v) is 2.09. The van der Waals surface area contributed by atoms with E-state index in [2.05, 4.69) is 34.4 Å². The van der Waals surface area contributed by atoms with Crippen LogP contribution in [0.5, 0.6) is 0 Å². The van der Waals surface area contributed by atoms with E-state index in [9.17, 15) is 4.79 Å². The number of hydrogen-bond donors (Lipinski definition) is 2. The highest BCUT2D eigenvalue weighted by molar-refractivity contribution is 6.42. The highest BCUT2D eigenvalue weighted by atomic mass is 35.5. The molecule has 0 fully saturated rings. The van der Waals surface area contributed by atoms with Gasteiger partial charge in [-0.25, -0.2) is 9.97 Å². The van der Waals surface area contributed by atoms with Crippen molar-refractivity contribution in [3.8, 4) is 0 Å². The molecule has 0 saturated carbocycles. The number of carbonyl (C=O) groups is 1. The third kappa shape index (κ3) is 5.37. The molecule has 0 spiro atoms. The Bertz CT molecular complexity index is 674. The zero-order chi connectivity index (χ0) is 16.8. The molecule has 7 heteroatoms. The van der Waals surface area contributed by atoms with E-state index in [0.29, 0.717) is 27.5 Å². The van der Waals surface area contributed by atoms with Crippen LogP contribution in [0, 0.1) is 5.92 Å². The minimum atomic E-state index is -0.357. The van der Waals surface area contributed by atoms with Gasteiger partial charge in [0.25, 0.3) is 5.91 Å². The van der Waals surface area contributed by atoms with Crippen molar-refractivity contribution in [3.63, 3.8) is 0 Å². The first-order valence-corrected chi connectivity index (χ1v) is 8.03. The number of benzene rings is 1. The molecular weight excluding hydrogens is 335 g/mol. The quantitative estimate of drug-likeness (QED) is 0.803. The molecule has 0 atom stereocenters. The van der Waals surface area contributed by atoms with Crippen LogP contribution < -0.4 is 10.6 Å². The van der Waals surface area contributed by atoms with Crippen LogP contribution in [0.4, 0.5) is 11.5 Å². The highest BCUT2D eigenvalue weighted by Crippen LogP contribution is 2.25. The van der Waals surface area contributed by atoms with E-state index in [1.165, 1.54) is 6.20 Å². The van der Waals surface area contributed by atoms with Crippen molar-refractivity contribution >= 4 is 40.6 Å². The summed E-state index contributed by atoms with van der Waals surface area (Å²) in [6, 6.07) is 4.87. The summed E-state index contributed by atoms with van der Waals surface area (Å²) in [6.07, 6.45) is 4.02. The molecule has 0 bridgehead atoms. The summed E-state index contributed by atoms with van der Waals surface area (Å²) in [7, 11) is 0. The van der Waals surface area contributed by atoms with Gasteiger partial charge in [-0.1, -0.05) is 37.0 Å². The van der Waals surface area contributed by atoms with Crippen LogP contribution in [-0.2, 0) is 0 Å². The summed E-state index contributed by atoms with van der Waals surface area (Å²) >= 11 is 11.8. The van der Waals surface area contributed by atoms with Crippen molar-refractivity contribution < 1.29 is 4.79 Å². The third-order valence-corrected chi connectivity index (χ3v) is 3.83. The molecule has 2 N–H and O–H groups in total. The Morgan fingerprint density at radius 1 is 1.17 bits per heavy atom. The van der Waals surface area contributed by atoms with E-state index >= 15 is 0 Å². The predicted molar refractivity (Wildman–Crippen MR) is 94.4 cm³/mol. The van der Waals surface area contributed by atoms with Crippen LogP contribution >= 0.6 is 23.2 Å². The minimum Gasteiger partial charge on any atom is -0.369 e. The monoisotopic (exact) mass is 352 g/mol. The molecular formula is C16H18Cl2N4O. The second-order valence-corrected chi connectivity index (χ2v) is 6.29. The first kappa shape index (κ1) is 17.5. The van der Waals surface area contributed by atoms with Crippen LogP contribution in [-0.4, -0.2) is 22.4 Å². The van der Waals surface area contributed by atoms with E-state index < -0.39 is 0 Å². The summed E-state index contributed by atoms with van der Waals surface area (Å²) in [5.74, 6) is 0.910. The predicted octanol–water partition coefficient (Wildman–Crippen LogP) is 4.49. The molecule has 1 amide bonds. The molecule has 0 radical (unpaired) electrons. The Kier molecular flexibility index (Phi) is 6.19. The molecule has 23 heavy (non-hydrogen) atoms. The molecule has 2 rings (SSSR count). The van der Waals surface area contributed by atoms with E-state index in [4.69, 9.17) is 23.2 Å². The lowest BCUT2D eigenvalue weighted by molar-refractivity contribution is 0.102. The second kappa shape index (κ2) is 8.13. The Morgan fingerprint density at radius 3 is 2.57 bits per heavy atom. The number of aromatic nitrogens is 2. The maximum Gasteiger partial charge on any atom is 0.275 e. The topological polar surface area (TPSA) is 66.9 Å². The lowest BCUT2D eigenvalue weighted by atomic mass is 10.1. The van der Waals surface area contributed by atoms with Gasteiger partial charge in [0.15, 0.2) is 0 Å². The number of carbonyl (C=O) groups excluding carboxylic acids is 1. The Balaban J connectivity index is 1.95. The zero-order valence-corrected chi connectivity index (χ0v) is 14.4. The van der Waals surface area contributed by atoms with Crippen LogP contribution in [0.2, 0.25) is 10.0 Å². The normalized spacial score (nSPS) is 10.7. The molecule has 0 aliphatic rings. The van der Waals surface area contributed by atoms with E-state index in [-0.39, 0.29) is 11.6 Å². The molecule has 0 saturated heterocycles. The molecule has 122 valence electrons. The maximum absolute atomic E-state index is 12.1. The van der Waals surface area contributed by atoms with Gasteiger partial charge in [0.2, 0.25) is 0 Å². The van der Waals surface area contributed by atoms with Gasteiger partial charge in [-0.15, -0.1) is 0 Å². The summed E-state index contributed by atoms with van der Waals surface area (Å²) in [6.45, 7) is 5.13. The van der Waals surface area contributed by atoms with E-state index in [0.717, 1.165) is 13.0 Å². The van der Waals surface area contributed by atoms with Crippen LogP contribution in [0.15, 0.2) is 30.6 Å². The molecule has 1 aromatic heterocycles. The van der Waals surface area contributed by atoms with Crippen molar-refractivity contribution in [2.75, 3.05) is 17.2 Å². The van der Waals surface area contributed by atoms with Gasteiger partial charge in [-0.3, -0.25) is 4.79 Å². The largest absolute Gasteiger partial charge is 0.369 e. The van der Waals surface area contributed by atoms with Crippen molar-refractivity contribution in [1.29, 1.82) is 0 Å². The van der Waals surface area contributed by atoms with E-state index in [1.807, 2.05) is 0 Å². The molecule has 0 aliphatic carbocycles. The van der Waals surface area contributed by atoms with Gasteiger partial charge < -0.3 is 10.6 Å². The number of hydrogen-bond acceptors (Lipinski definition) is 4. The lowest BCUT2D eigenvalue weighted by Crippen LogP contribution is -2.15. The first-order valence-electron chi connectivity index (χ1n) is 7.28. The molecule has 0 aliphatic heterocycles. The van der Waals surface area contributed by atoms with Gasteiger partial charge in [0, 0.05) is 12.2 Å². The van der Waals surface area contributed by atoms with Crippen LogP contribution in [0.3, 0.4) is 0 Å². The van der Waals surface area contributed by atoms with E-state index in [1.54, 1.807) is 24.4 Å². The van der Waals surface area contributed by atoms with Crippen molar-refractivity contribution in [1.82, 2.24) is 9.97 Å². The molecule has 1 aromatic carbocycles. The standard InChI is InChI=1S/C16H18Cl2N4O/c1-10(2)5-6-19-15-9-20-14(8-21-15)16(23)22-11-3-4-12(17)13(18)7-11/h3-4,7-10H,5-6H2,1-2H3,(H,19,21)(H,22,23). The number of nitrogens with zero attached hydrogens (tertiary/aromatic N) is 2. The average molecular weight is 353 g/mol. The summed E-state index contributed by atoms with van der Waals surface area (Å²) in [5, 5.41) is 6.67. The number of nitrogens with one attached hydrogen (secondary N) is 2. The third-order valence-electron chi connectivity index (χ3n) is 3.09. The first-order chi connectivity index (χ1) is 11.0. The number of halogens is 2. The molecule has 2 aromatic rings. The van der Waals surface area contributed by atoms with Crippen LogP contribution in [0.1, 0.15) is 30.8 Å². The minimum absolute atomic E-state index is 0.227. The van der Waals surface area contributed by atoms with Crippen molar-refractivity contribution in [2.45, 2.75) is 20.3 Å². The van der Waals surface area contributed by atoms with Gasteiger partial charge in [-0.05, 0) is 30.5 Å². The number of anilines is 2. The number of rotatable bonds is 6. The summed E-state index contributed by atoms with van der Waals surface area (Å²) in [5.41, 5.74) is 0.774. The molecule has 0 unspecified atom stereocenters. The Morgan fingerprint density at radius 2 is 1.96 bits per heavy atom. The Hall–Kier alpha value is -1.85. The Labute approximate surface area is 145 Å². The summed E-state index contributed by atoms with van der Waals surface area (Å²) < 4.78 is 0. The van der Waals surface area contributed by atoms with Gasteiger partial charge in [0.05, 0.1) is 22.4 Å². The van der Waals surface area contributed by atoms with Crippen LogP contribution in [0.25, 0.3) is 0 Å². The molecule has 5 nitrogen and oxygen atoms in total. The SMILES string of the molecule is CC(C)CCNc1cnc(C(=O)Nc2ccc(Cl)c(Cl)c2)cn1. The zero-order valence-electron chi connectivity index (χ0n) is 12.9. The van der Waals surface area contributed by atoms with Crippen molar-refractivity contribution in [2.24, 2.45) is 5.92 Å². The molecule has 1 heterocycles. The van der Waals surface area contributed by atoms with Gasteiger partial charge >= 0.3 is 0 Å². The van der Waals surface area contributed by atoms with Crippen molar-refractivity contribution in [3.05, 3.63) is 46.3 Å². The smallest absolute Gasteiger partial charge is 0.275 e. The fourth-order valence-electron chi connectivity index (χ4n) is 1.79. The average Bonchev–Trinajstić information content (AvgIpc) is 2.51. The van der Waals surface area contributed by atoms with Gasteiger partial charge in [0.1, 0.15) is 11.5 Å². The lowest BCUT2D eigenvalue weighted by Gasteiger charge is -2.08. The fraction of sp³-hybridized carbons (Fsp3) is 0.312. The van der Waals surface area contributed by atoms with Gasteiger partial charge in [-0.2, -0.15) is 0 Å². The second-order valence-electron chi connectivity index (χ2n) is 5.48. The number of amides is 1. The highest BCUT2D eigenvalue weighted by Gasteiger charge is 2.09. The summed E-state index contributed by atoms with van der Waals surface area (Å²) in [4.78, 5) is 20.4.